The number of aromatic nitrogens is 2. The summed E-state index contributed by atoms with van der Waals surface area (Å²) in [4.78, 5) is 4.82. The topological polar surface area (TPSA) is 46.8 Å². The van der Waals surface area contributed by atoms with Crippen LogP contribution in [0.1, 0.15) is 16.8 Å². The van der Waals surface area contributed by atoms with Crippen LogP contribution >= 0.6 is 0 Å². The molecule has 130 valence electrons. The van der Waals surface area contributed by atoms with E-state index in [4.69, 9.17) is 9.72 Å². The number of imidazole rings is 1. The predicted molar refractivity (Wildman–Crippen MR) is 103 cm³/mol. The van der Waals surface area contributed by atoms with Crippen molar-refractivity contribution in [2.24, 2.45) is 0 Å². The van der Waals surface area contributed by atoms with Crippen LogP contribution in [-0.4, -0.2) is 21.6 Å². The van der Waals surface area contributed by atoms with E-state index in [0.717, 1.165) is 29.0 Å². The van der Waals surface area contributed by atoms with Gasteiger partial charge in [-0.25, -0.2) is 4.98 Å². The molecule has 2 heterocycles. The molecule has 4 nitrogen and oxygen atoms in total. The highest BCUT2D eigenvalue weighted by atomic mass is 16.5. The average Bonchev–Trinajstić information content (AvgIpc) is 3.00. The number of pyridine rings is 1. The first-order valence-corrected chi connectivity index (χ1v) is 8.55. The van der Waals surface area contributed by atoms with Gasteiger partial charge in [-0.15, -0.1) is 0 Å². The highest BCUT2D eigenvalue weighted by Crippen LogP contribution is 2.38. The van der Waals surface area contributed by atoms with Crippen molar-refractivity contribution in [3.63, 3.8) is 0 Å². The van der Waals surface area contributed by atoms with Gasteiger partial charge in [0.15, 0.2) is 11.5 Å². The van der Waals surface area contributed by atoms with Crippen molar-refractivity contribution in [2.45, 2.75) is 13.3 Å². The second-order valence-electron chi connectivity index (χ2n) is 6.36. The fourth-order valence-corrected chi connectivity index (χ4v) is 3.25. The van der Waals surface area contributed by atoms with Gasteiger partial charge in [0.1, 0.15) is 5.65 Å². The molecular formula is C22H20N2O2. The number of aryl methyl sites for hydroxylation is 1. The second-order valence-corrected chi connectivity index (χ2v) is 6.36. The van der Waals surface area contributed by atoms with Crippen molar-refractivity contribution in [3.8, 4) is 22.8 Å². The van der Waals surface area contributed by atoms with Crippen molar-refractivity contribution in [3.05, 3.63) is 83.7 Å². The lowest BCUT2D eigenvalue weighted by molar-refractivity contribution is 0.374. The molecule has 0 aliphatic rings. The number of benzene rings is 2. The number of hydrogen-bond donors (Lipinski definition) is 1. The molecule has 0 fully saturated rings. The molecule has 4 aromatic rings. The lowest BCUT2D eigenvalue weighted by Gasteiger charge is -2.10. The number of para-hydroxylation sites is 1. The van der Waals surface area contributed by atoms with Crippen molar-refractivity contribution in [1.29, 1.82) is 0 Å². The van der Waals surface area contributed by atoms with Crippen LogP contribution < -0.4 is 4.74 Å². The Hall–Kier alpha value is -3.27. The van der Waals surface area contributed by atoms with E-state index in [9.17, 15) is 5.11 Å². The van der Waals surface area contributed by atoms with E-state index in [2.05, 4.69) is 28.7 Å². The van der Waals surface area contributed by atoms with Gasteiger partial charge in [0.2, 0.25) is 0 Å². The Kier molecular flexibility index (Phi) is 4.09. The Labute approximate surface area is 152 Å². The van der Waals surface area contributed by atoms with E-state index < -0.39 is 0 Å². The van der Waals surface area contributed by atoms with Crippen LogP contribution in [0.25, 0.3) is 16.9 Å². The molecular weight excluding hydrogens is 324 g/mol. The minimum atomic E-state index is 0.115. The molecule has 2 aromatic carbocycles. The third-order valence-electron chi connectivity index (χ3n) is 4.57. The van der Waals surface area contributed by atoms with Crippen LogP contribution in [0.5, 0.6) is 11.5 Å². The van der Waals surface area contributed by atoms with Gasteiger partial charge in [-0.1, -0.05) is 36.4 Å². The Balaban J connectivity index is 1.95. The molecule has 0 saturated carbocycles. The van der Waals surface area contributed by atoms with Gasteiger partial charge in [0.25, 0.3) is 0 Å². The molecule has 0 aliphatic heterocycles. The van der Waals surface area contributed by atoms with Crippen molar-refractivity contribution >= 4 is 5.65 Å². The first kappa shape index (κ1) is 16.2. The number of rotatable bonds is 4. The summed E-state index contributed by atoms with van der Waals surface area (Å²) in [6.45, 7) is 2.05. The molecule has 0 atom stereocenters. The fourth-order valence-electron chi connectivity index (χ4n) is 3.25. The highest BCUT2D eigenvalue weighted by molar-refractivity contribution is 5.75. The third-order valence-corrected chi connectivity index (χ3v) is 4.57. The maximum Gasteiger partial charge on any atom is 0.167 e. The van der Waals surface area contributed by atoms with Crippen LogP contribution in [0.4, 0.5) is 0 Å². The van der Waals surface area contributed by atoms with Gasteiger partial charge in [-0.3, -0.25) is 0 Å². The molecule has 0 radical (unpaired) electrons. The molecule has 4 rings (SSSR count). The van der Waals surface area contributed by atoms with Crippen LogP contribution in [0.15, 0.2) is 66.9 Å². The summed E-state index contributed by atoms with van der Waals surface area (Å²) in [5.41, 5.74) is 5.70. The Bertz CT molecular complexity index is 1070. The number of nitrogens with zero attached hydrogens (tertiary/aromatic N) is 2. The number of fused-ring (bicyclic) bond motifs is 1. The monoisotopic (exact) mass is 344 g/mol. The van der Waals surface area contributed by atoms with E-state index in [1.807, 2.05) is 43.5 Å². The SMILES string of the molecule is COc1cccc(-c2nc3cc(C)ccn3c2Cc2ccccc2)c1O. The third kappa shape index (κ3) is 2.80. The quantitative estimate of drug-likeness (QED) is 0.588. The Morgan fingerprint density at radius 1 is 1.04 bits per heavy atom. The minimum absolute atomic E-state index is 0.115. The molecule has 0 unspecified atom stereocenters. The standard InChI is InChI=1S/C22H20N2O2/c1-15-11-12-24-18(14-16-7-4-3-5-8-16)21(23-20(24)13-15)17-9-6-10-19(26-2)22(17)25/h3-13,25H,14H2,1-2H3. The smallest absolute Gasteiger partial charge is 0.167 e. The number of phenols is 1. The van der Waals surface area contributed by atoms with Crippen LogP contribution in [-0.2, 0) is 6.42 Å². The van der Waals surface area contributed by atoms with Crippen LogP contribution in [0.3, 0.4) is 0 Å². The maximum atomic E-state index is 10.6. The van der Waals surface area contributed by atoms with Crippen LogP contribution in [0.2, 0.25) is 0 Å². The van der Waals surface area contributed by atoms with Crippen molar-refractivity contribution in [2.75, 3.05) is 7.11 Å². The molecule has 0 bridgehead atoms. The van der Waals surface area contributed by atoms with Crippen molar-refractivity contribution in [1.82, 2.24) is 9.38 Å². The van der Waals surface area contributed by atoms with Crippen LogP contribution in [0, 0.1) is 6.92 Å². The van der Waals surface area contributed by atoms with Gasteiger partial charge in [-0.2, -0.15) is 0 Å². The summed E-state index contributed by atoms with van der Waals surface area (Å²) in [7, 11) is 1.55. The molecule has 26 heavy (non-hydrogen) atoms. The number of methoxy groups -OCH3 is 1. The number of ether oxygens (including phenoxy) is 1. The van der Waals surface area contributed by atoms with E-state index in [1.165, 1.54) is 5.56 Å². The Morgan fingerprint density at radius 2 is 1.85 bits per heavy atom. The summed E-state index contributed by atoms with van der Waals surface area (Å²) < 4.78 is 7.37. The zero-order chi connectivity index (χ0) is 18.1. The lowest BCUT2D eigenvalue weighted by atomic mass is 10.0. The average molecular weight is 344 g/mol. The highest BCUT2D eigenvalue weighted by Gasteiger charge is 2.19. The number of aromatic hydroxyl groups is 1. The zero-order valence-electron chi connectivity index (χ0n) is 14.8. The minimum Gasteiger partial charge on any atom is -0.504 e. The molecule has 0 spiro atoms. The zero-order valence-corrected chi connectivity index (χ0v) is 14.8. The summed E-state index contributed by atoms with van der Waals surface area (Å²) in [6.07, 6.45) is 2.76. The number of phenolic OH excluding ortho intramolecular Hbond substituents is 1. The molecule has 0 saturated heterocycles. The summed E-state index contributed by atoms with van der Waals surface area (Å²) in [5, 5.41) is 10.6. The first-order chi connectivity index (χ1) is 12.7. The van der Waals surface area contributed by atoms with E-state index >= 15 is 0 Å². The molecule has 0 amide bonds. The van der Waals surface area contributed by atoms with Gasteiger partial charge < -0.3 is 14.2 Å². The summed E-state index contributed by atoms with van der Waals surface area (Å²) in [6, 6.07) is 19.9. The maximum absolute atomic E-state index is 10.6. The second kappa shape index (κ2) is 6.56. The molecule has 1 N–H and O–H groups in total. The molecule has 4 heteroatoms. The molecule has 2 aromatic heterocycles. The normalized spacial score (nSPS) is 11.0. The first-order valence-electron chi connectivity index (χ1n) is 8.55. The summed E-state index contributed by atoms with van der Waals surface area (Å²) in [5.74, 6) is 0.561. The predicted octanol–water partition coefficient (Wildman–Crippen LogP) is 4.61. The van der Waals surface area contributed by atoms with Gasteiger partial charge >= 0.3 is 0 Å². The van der Waals surface area contributed by atoms with Gasteiger partial charge in [0.05, 0.1) is 18.5 Å². The van der Waals surface area contributed by atoms with Crippen molar-refractivity contribution < 1.29 is 9.84 Å². The van der Waals surface area contributed by atoms with Gasteiger partial charge in [-0.05, 0) is 42.3 Å². The lowest BCUT2D eigenvalue weighted by Crippen LogP contribution is -1.97. The largest absolute Gasteiger partial charge is 0.504 e. The molecule has 0 aliphatic carbocycles. The Morgan fingerprint density at radius 3 is 2.62 bits per heavy atom. The fraction of sp³-hybridized carbons (Fsp3) is 0.136. The number of hydrogen-bond acceptors (Lipinski definition) is 3. The van der Waals surface area contributed by atoms with Gasteiger partial charge in [0, 0.05) is 18.2 Å². The van der Waals surface area contributed by atoms with E-state index in [-0.39, 0.29) is 5.75 Å². The van der Waals surface area contributed by atoms with E-state index in [1.54, 1.807) is 13.2 Å². The summed E-state index contributed by atoms with van der Waals surface area (Å²) >= 11 is 0. The van der Waals surface area contributed by atoms with E-state index in [0.29, 0.717) is 11.3 Å².